The van der Waals surface area contributed by atoms with Crippen molar-refractivity contribution < 1.29 is 19.1 Å². The molecule has 0 radical (unpaired) electrons. The van der Waals surface area contributed by atoms with E-state index in [1.165, 1.54) is 0 Å². The standard InChI is InChI=1S/C12H21O4P/c1-11(2,3)7-12(4,17)10(14)16-8-5-6-15-9(8)13/h8H,5-7,17H2,1-4H3. The second-order valence-electron chi connectivity index (χ2n) is 6.01. The zero-order chi connectivity index (χ0) is 13.3. The molecule has 0 bridgehead atoms. The van der Waals surface area contributed by atoms with Crippen LogP contribution < -0.4 is 0 Å². The van der Waals surface area contributed by atoms with Gasteiger partial charge in [0.25, 0.3) is 0 Å². The Bertz CT molecular complexity index is 317. The fourth-order valence-corrected chi connectivity index (χ4v) is 2.70. The number of hydrogen-bond acceptors (Lipinski definition) is 4. The molecule has 0 saturated carbocycles. The van der Waals surface area contributed by atoms with E-state index >= 15 is 0 Å². The van der Waals surface area contributed by atoms with Crippen LogP contribution in [0.1, 0.15) is 40.5 Å². The first-order chi connectivity index (χ1) is 7.62. The lowest BCUT2D eigenvalue weighted by molar-refractivity contribution is -0.162. The van der Waals surface area contributed by atoms with Crippen LogP contribution in [0, 0.1) is 5.41 Å². The maximum Gasteiger partial charge on any atom is 0.347 e. The highest BCUT2D eigenvalue weighted by Gasteiger charge is 2.38. The lowest BCUT2D eigenvalue weighted by Crippen LogP contribution is -2.38. The number of rotatable bonds is 3. The van der Waals surface area contributed by atoms with Crippen LogP contribution in [0.25, 0.3) is 0 Å². The molecule has 0 aromatic carbocycles. The molecule has 98 valence electrons. The predicted octanol–water partition coefficient (Wildman–Crippen LogP) is 1.92. The fourth-order valence-electron chi connectivity index (χ4n) is 2.02. The second-order valence-corrected chi connectivity index (χ2v) is 7.28. The average molecular weight is 260 g/mol. The molecule has 5 heteroatoms. The normalized spacial score (nSPS) is 24.1. The largest absolute Gasteiger partial charge is 0.463 e. The van der Waals surface area contributed by atoms with E-state index in [1.54, 1.807) is 0 Å². The number of cyclic esters (lactones) is 1. The summed E-state index contributed by atoms with van der Waals surface area (Å²) in [5, 5.41) is -0.666. The number of carbonyl (C=O) groups is 2. The number of esters is 2. The summed E-state index contributed by atoms with van der Waals surface area (Å²) in [6.07, 6.45) is 0.411. The van der Waals surface area contributed by atoms with Crippen molar-refractivity contribution in [3.8, 4) is 0 Å². The highest BCUT2D eigenvalue weighted by molar-refractivity contribution is 7.20. The molecule has 0 aliphatic carbocycles. The van der Waals surface area contributed by atoms with Crippen molar-refractivity contribution in [1.29, 1.82) is 0 Å². The quantitative estimate of drug-likeness (QED) is 0.574. The highest BCUT2D eigenvalue weighted by atomic mass is 31.0. The summed E-state index contributed by atoms with van der Waals surface area (Å²) in [4.78, 5) is 23.2. The van der Waals surface area contributed by atoms with Crippen LogP contribution >= 0.6 is 9.24 Å². The molecule has 0 aromatic rings. The molecule has 1 aliphatic heterocycles. The highest BCUT2D eigenvalue weighted by Crippen LogP contribution is 2.35. The first-order valence-corrected chi connectivity index (χ1v) is 6.36. The molecule has 17 heavy (non-hydrogen) atoms. The summed E-state index contributed by atoms with van der Waals surface area (Å²) in [6.45, 7) is 8.33. The average Bonchev–Trinajstić information content (AvgIpc) is 2.47. The molecule has 1 saturated heterocycles. The molecular formula is C12H21O4P. The van der Waals surface area contributed by atoms with Crippen LogP contribution in [0.15, 0.2) is 0 Å². The van der Waals surface area contributed by atoms with Gasteiger partial charge in [0.05, 0.1) is 11.8 Å². The minimum Gasteiger partial charge on any atom is -0.463 e. The molecule has 1 fully saturated rings. The van der Waals surface area contributed by atoms with E-state index < -0.39 is 17.2 Å². The Balaban J connectivity index is 2.59. The third-order valence-electron chi connectivity index (χ3n) is 2.50. The van der Waals surface area contributed by atoms with Crippen LogP contribution in [-0.2, 0) is 19.1 Å². The van der Waals surface area contributed by atoms with Gasteiger partial charge in [-0.2, -0.15) is 0 Å². The van der Waals surface area contributed by atoms with Gasteiger partial charge in [0.15, 0.2) is 0 Å². The molecule has 0 N–H and O–H groups in total. The van der Waals surface area contributed by atoms with Crippen molar-refractivity contribution in [2.24, 2.45) is 5.41 Å². The molecule has 3 unspecified atom stereocenters. The molecule has 3 atom stereocenters. The van der Waals surface area contributed by atoms with E-state index in [-0.39, 0.29) is 11.4 Å². The van der Waals surface area contributed by atoms with Gasteiger partial charge in [0.2, 0.25) is 6.10 Å². The lowest BCUT2D eigenvalue weighted by Gasteiger charge is -2.30. The van der Waals surface area contributed by atoms with Gasteiger partial charge in [0.1, 0.15) is 0 Å². The summed E-state index contributed by atoms with van der Waals surface area (Å²) in [7, 11) is 2.53. The summed E-state index contributed by atoms with van der Waals surface area (Å²) in [5.74, 6) is -0.795. The van der Waals surface area contributed by atoms with Gasteiger partial charge in [-0.15, -0.1) is 9.24 Å². The minimum absolute atomic E-state index is 0.0195. The number of carbonyl (C=O) groups excluding carboxylic acids is 2. The van der Waals surface area contributed by atoms with Crippen molar-refractivity contribution in [2.75, 3.05) is 6.61 Å². The van der Waals surface area contributed by atoms with Crippen molar-refractivity contribution in [1.82, 2.24) is 0 Å². The molecule has 0 spiro atoms. The molecule has 0 amide bonds. The maximum atomic E-state index is 12.0. The van der Waals surface area contributed by atoms with Crippen molar-refractivity contribution >= 4 is 21.2 Å². The maximum absolute atomic E-state index is 12.0. The van der Waals surface area contributed by atoms with Crippen LogP contribution in [-0.4, -0.2) is 29.8 Å². The summed E-state index contributed by atoms with van der Waals surface area (Å²) >= 11 is 0. The zero-order valence-electron chi connectivity index (χ0n) is 10.9. The third-order valence-corrected chi connectivity index (χ3v) is 2.94. The van der Waals surface area contributed by atoms with Crippen LogP contribution in [0.4, 0.5) is 0 Å². The Morgan fingerprint density at radius 2 is 2.06 bits per heavy atom. The van der Waals surface area contributed by atoms with Crippen LogP contribution in [0.2, 0.25) is 0 Å². The smallest absolute Gasteiger partial charge is 0.347 e. The second kappa shape index (κ2) is 4.93. The first-order valence-electron chi connectivity index (χ1n) is 5.78. The Labute approximate surface area is 105 Å². The van der Waals surface area contributed by atoms with Gasteiger partial charge in [-0.05, 0) is 18.8 Å². The zero-order valence-corrected chi connectivity index (χ0v) is 12.1. The topological polar surface area (TPSA) is 52.6 Å². The van der Waals surface area contributed by atoms with Gasteiger partial charge in [-0.1, -0.05) is 20.8 Å². The Morgan fingerprint density at radius 3 is 2.47 bits per heavy atom. The van der Waals surface area contributed by atoms with E-state index in [0.29, 0.717) is 19.4 Å². The SMILES string of the molecule is CC(C)(C)CC(C)(P)C(=O)OC1CCOC1=O. The van der Waals surface area contributed by atoms with E-state index in [1.807, 2.05) is 6.92 Å². The molecule has 0 aromatic heterocycles. The molecule has 1 rings (SSSR count). The van der Waals surface area contributed by atoms with Crippen molar-refractivity contribution in [3.63, 3.8) is 0 Å². The molecule has 1 aliphatic rings. The van der Waals surface area contributed by atoms with Crippen LogP contribution in [0.3, 0.4) is 0 Å². The Morgan fingerprint density at radius 1 is 1.47 bits per heavy atom. The number of hydrogen-bond donors (Lipinski definition) is 0. The first kappa shape index (κ1) is 14.4. The van der Waals surface area contributed by atoms with E-state index in [0.717, 1.165) is 0 Å². The minimum atomic E-state index is -0.720. The summed E-state index contributed by atoms with van der Waals surface area (Å²) in [5.41, 5.74) is 0.0195. The van der Waals surface area contributed by atoms with E-state index in [9.17, 15) is 9.59 Å². The van der Waals surface area contributed by atoms with Crippen molar-refractivity contribution in [2.45, 2.75) is 51.8 Å². The fraction of sp³-hybridized carbons (Fsp3) is 0.833. The Hall–Kier alpha value is -0.630. The molecular weight excluding hydrogens is 239 g/mol. The van der Waals surface area contributed by atoms with E-state index in [2.05, 4.69) is 30.0 Å². The summed E-state index contributed by atoms with van der Waals surface area (Å²) in [6, 6.07) is 0. The number of ether oxygens (including phenoxy) is 2. The molecule has 1 heterocycles. The Kier molecular flexibility index (Phi) is 4.19. The van der Waals surface area contributed by atoms with Gasteiger partial charge in [0, 0.05) is 6.42 Å². The molecule has 4 nitrogen and oxygen atoms in total. The monoisotopic (exact) mass is 260 g/mol. The van der Waals surface area contributed by atoms with Gasteiger partial charge in [-0.25, -0.2) is 4.79 Å². The van der Waals surface area contributed by atoms with Crippen molar-refractivity contribution in [3.05, 3.63) is 0 Å². The lowest BCUT2D eigenvalue weighted by atomic mass is 9.85. The predicted molar refractivity (Wildman–Crippen MR) is 67.6 cm³/mol. The summed E-state index contributed by atoms with van der Waals surface area (Å²) < 4.78 is 9.96. The van der Waals surface area contributed by atoms with Gasteiger partial charge < -0.3 is 9.47 Å². The van der Waals surface area contributed by atoms with Gasteiger partial charge in [-0.3, -0.25) is 4.79 Å². The van der Waals surface area contributed by atoms with E-state index in [4.69, 9.17) is 9.47 Å². The van der Waals surface area contributed by atoms with Gasteiger partial charge >= 0.3 is 11.9 Å². The third kappa shape index (κ3) is 4.27. The van der Waals surface area contributed by atoms with Crippen LogP contribution in [0.5, 0.6) is 0 Å².